The minimum atomic E-state index is -0.301. The molecule has 1 unspecified atom stereocenters. The van der Waals surface area contributed by atoms with Gasteiger partial charge in [-0.3, -0.25) is 4.79 Å². The van der Waals surface area contributed by atoms with Gasteiger partial charge < -0.3 is 15.4 Å². The number of hydrogen-bond donors (Lipinski definition) is 2. The van der Waals surface area contributed by atoms with E-state index in [0.717, 1.165) is 47.2 Å². The van der Waals surface area contributed by atoms with Crippen LogP contribution >= 0.6 is 23.4 Å². The van der Waals surface area contributed by atoms with Gasteiger partial charge in [-0.25, -0.2) is 0 Å². The molecule has 0 saturated carbocycles. The van der Waals surface area contributed by atoms with E-state index in [1.54, 1.807) is 18.8 Å². The molecule has 4 nitrogen and oxygen atoms in total. The van der Waals surface area contributed by atoms with Gasteiger partial charge in [0.25, 0.3) is 0 Å². The van der Waals surface area contributed by atoms with E-state index in [2.05, 4.69) is 10.6 Å². The molecule has 0 radical (unpaired) electrons. The third-order valence-corrected chi connectivity index (χ3v) is 5.51. The summed E-state index contributed by atoms with van der Waals surface area (Å²) >= 11 is 8.16. The van der Waals surface area contributed by atoms with E-state index in [-0.39, 0.29) is 11.9 Å². The van der Waals surface area contributed by atoms with E-state index in [1.165, 1.54) is 0 Å². The Balaban J connectivity index is 1.83. The number of ether oxygens (including phenoxy) is 1. The van der Waals surface area contributed by atoms with E-state index in [9.17, 15) is 4.79 Å². The number of halogens is 1. The van der Waals surface area contributed by atoms with E-state index < -0.39 is 0 Å². The molecular formula is C14H17ClN2O2S. The molecule has 2 aliphatic rings. The Kier molecular flexibility index (Phi) is 4.21. The standard InChI is InChI=1S/C14H17ClN2O2S/c1-16-13-9-6-10(15)12(7-11(9)17-14(13)18)20-8-2-4-19-5-3-8/h6-8,13,16H,2-5H2,1H3,(H,17,18). The fourth-order valence-corrected chi connectivity index (χ4v) is 4.06. The van der Waals surface area contributed by atoms with E-state index in [0.29, 0.717) is 5.25 Å². The van der Waals surface area contributed by atoms with Crippen molar-refractivity contribution in [2.24, 2.45) is 0 Å². The fourth-order valence-electron chi connectivity index (χ4n) is 2.61. The first-order valence-corrected chi connectivity index (χ1v) is 8.01. The quantitative estimate of drug-likeness (QED) is 0.901. The predicted octanol–water partition coefficient (Wildman–Crippen LogP) is 2.82. The molecule has 1 amide bonds. The van der Waals surface area contributed by atoms with Gasteiger partial charge in [0.05, 0.1) is 5.02 Å². The number of nitrogens with one attached hydrogen (secondary N) is 2. The third kappa shape index (κ3) is 2.68. The molecule has 2 N–H and O–H groups in total. The fraction of sp³-hybridized carbons (Fsp3) is 0.500. The summed E-state index contributed by atoms with van der Waals surface area (Å²) < 4.78 is 5.37. The van der Waals surface area contributed by atoms with Crippen LogP contribution < -0.4 is 10.6 Å². The molecule has 3 rings (SSSR count). The highest BCUT2D eigenvalue weighted by Crippen LogP contribution is 2.41. The molecule has 1 fully saturated rings. The Morgan fingerprint density at radius 1 is 1.40 bits per heavy atom. The van der Waals surface area contributed by atoms with Crippen LogP contribution in [0.4, 0.5) is 5.69 Å². The highest BCUT2D eigenvalue weighted by molar-refractivity contribution is 8.00. The average Bonchev–Trinajstić information content (AvgIpc) is 2.75. The first-order chi connectivity index (χ1) is 9.69. The van der Waals surface area contributed by atoms with Crippen LogP contribution in [0.5, 0.6) is 0 Å². The van der Waals surface area contributed by atoms with Crippen LogP contribution in [0.1, 0.15) is 24.4 Å². The molecular weight excluding hydrogens is 296 g/mol. The van der Waals surface area contributed by atoms with Crippen LogP contribution in [0.15, 0.2) is 17.0 Å². The molecule has 1 aromatic rings. The molecule has 0 spiro atoms. The minimum Gasteiger partial charge on any atom is -0.381 e. The molecule has 108 valence electrons. The Morgan fingerprint density at radius 2 is 2.15 bits per heavy atom. The molecule has 1 atom stereocenters. The minimum absolute atomic E-state index is 0.0215. The summed E-state index contributed by atoms with van der Waals surface area (Å²) in [6.45, 7) is 1.64. The Hall–Kier alpha value is -0.750. The van der Waals surface area contributed by atoms with Gasteiger partial charge in [0.1, 0.15) is 6.04 Å². The number of hydrogen-bond acceptors (Lipinski definition) is 4. The summed E-state index contributed by atoms with van der Waals surface area (Å²) in [7, 11) is 1.78. The van der Waals surface area contributed by atoms with E-state index in [4.69, 9.17) is 16.3 Å². The number of anilines is 1. The van der Waals surface area contributed by atoms with Crippen molar-refractivity contribution >= 4 is 35.0 Å². The van der Waals surface area contributed by atoms with Gasteiger partial charge in [0.15, 0.2) is 0 Å². The van der Waals surface area contributed by atoms with Crippen molar-refractivity contribution in [3.63, 3.8) is 0 Å². The maximum atomic E-state index is 11.8. The van der Waals surface area contributed by atoms with Crippen molar-refractivity contribution in [3.8, 4) is 0 Å². The van der Waals surface area contributed by atoms with Crippen molar-refractivity contribution in [1.29, 1.82) is 0 Å². The van der Waals surface area contributed by atoms with Gasteiger partial charge in [0, 0.05) is 34.6 Å². The zero-order valence-corrected chi connectivity index (χ0v) is 12.8. The first kappa shape index (κ1) is 14.2. The van der Waals surface area contributed by atoms with Gasteiger partial charge >= 0.3 is 0 Å². The number of amides is 1. The molecule has 0 bridgehead atoms. The number of fused-ring (bicyclic) bond motifs is 1. The van der Waals surface area contributed by atoms with Crippen molar-refractivity contribution in [1.82, 2.24) is 5.32 Å². The highest BCUT2D eigenvalue weighted by Gasteiger charge is 2.30. The first-order valence-electron chi connectivity index (χ1n) is 6.75. The summed E-state index contributed by atoms with van der Waals surface area (Å²) in [4.78, 5) is 12.9. The smallest absolute Gasteiger partial charge is 0.246 e. The molecule has 20 heavy (non-hydrogen) atoms. The van der Waals surface area contributed by atoms with Crippen molar-refractivity contribution in [2.45, 2.75) is 29.0 Å². The maximum absolute atomic E-state index is 11.8. The van der Waals surface area contributed by atoms with Gasteiger partial charge in [-0.15, -0.1) is 11.8 Å². The van der Waals surface area contributed by atoms with E-state index in [1.807, 2.05) is 12.1 Å². The number of carbonyl (C=O) groups is 1. The van der Waals surface area contributed by atoms with Crippen molar-refractivity contribution in [2.75, 3.05) is 25.6 Å². The third-order valence-electron chi connectivity index (χ3n) is 3.69. The van der Waals surface area contributed by atoms with Gasteiger partial charge in [-0.2, -0.15) is 0 Å². The zero-order valence-electron chi connectivity index (χ0n) is 11.2. The van der Waals surface area contributed by atoms with Crippen LogP contribution in [0.2, 0.25) is 5.02 Å². The Labute approximate surface area is 127 Å². The van der Waals surface area contributed by atoms with Gasteiger partial charge in [-0.05, 0) is 32.0 Å². The lowest BCUT2D eigenvalue weighted by atomic mass is 10.1. The van der Waals surface area contributed by atoms with Gasteiger partial charge in [-0.1, -0.05) is 11.6 Å². The topological polar surface area (TPSA) is 50.4 Å². The van der Waals surface area contributed by atoms with Crippen LogP contribution in [0.3, 0.4) is 0 Å². The highest BCUT2D eigenvalue weighted by atomic mass is 35.5. The van der Waals surface area contributed by atoms with Crippen LogP contribution in [-0.2, 0) is 9.53 Å². The lowest BCUT2D eigenvalue weighted by Crippen LogP contribution is -2.23. The number of carbonyl (C=O) groups excluding carboxylic acids is 1. The zero-order chi connectivity index (χ0) is 14.1. The second-order valence-corrected chi connectivity index (χ2v) is 6.76. The molecule has 0 aliphatic carbocycles. The van der Waals surface area contributed by atoms with Crippen LogP contribution in [0.25, 0.3) is 0 Å². The molecule has 1 saturated heterocycles. The number of benzene rings is 1. The van der Waals surface area contributed by atoms with Crippen molar-refractivity contribution < 1.29 is 9.53 Å². The summed E-state index contributed by atoms with van der Waals surface area (Å²) in [5.41, 5.74) is 1.80. The summed E-state index contributed by atoms with van der Waals surface area (Å²) in [5, 5.41) is 7.17. The Morgan fingerprint density at radius 3 is 2.85 bits per heavy atom. The summed E-state index contributed by atoms with van der Waals surface area (Å²) in [5.74, 6) is -0.0215. The maximum Gasteiger partial charge on any atom is 0.246 e. The van der Waals surface area contributed by atoms with Gasteiger partial charge in [0.2, 0.25) is 5.91 Å². The normalized spacial score (nSPS) is 22.7. The van der Waals surface area contributed by atoms with Crippen LogP contribution in [-0.4, -0.2) is 31.4 Å². The Bertz CT molecular complexity index is 532. The molecule has 2 aliphatic heterocycles. The monoisotopic (exact) mass is 312 g/mol. The lowest BCUT2D eigenvalue weighted by Gasteiger charge is -2.22. The lowest BCUT2D eigenvalue weighted by molar-refractivity contribution is -0.117. The van der Waals surface area contributed by atoms with E-state index >= 15 is 0 Å². The SMILES string of the molecule is CNC1C(=O)Nc2cc(SC3CCOCC3)c(Cl)cc21. The average molecular weight is 313 g/mol. The van der Waals surface area contributed by atoms with Crippen molar-refractivity contribution in [3.05, 3.63) is 22.7 Å². The largest absolute Gasteiger partial charge is 0.381 e. The molecule has 1 aromatic carbocycles. The second kappa shape index (κ2) is 5.93. The van der Waals surface area contributed by atoms with Crippen LogP contribution in [0, 0.1) is 0 Å². The second-order valence-electron chi connectivity index (χ2n) is 5.01. The summed E-state index contributed by atoms with van der Waals surface area (Å²) in [6, 6.07) is 3.59. The molecule has 6 heteroatoms. The summed E-state index contributed by atoms with van der Waals surface area (Å²) in [6.07, 6.45) is 2.09. The molecule has 2 heterocycles. The predicted molar refractivity (Wildman–Crippen MR) is 81.6 cm³/mol. The number of rotatable bonds is 3. The number of thioether (sulfide) groups is 1. The molecule has 0 aromatic heterocycles. The number of likely N-dealkylation sites (N-methyl/N-ethyl adjacent to an activating group) is 1.